The van der Waals surface area contributed by atoms with Crippen molar-refractivity contribution < 1.29 is 9.47 Å². The number of nitrogens with zero attached hydrogens (tertiary/aromatic N) is 1. The Bertz CT molecular complexity index is 525. The Kier molecular flexibility index (Phi) is 8.72. The van der Waals surface area contributed by atoms with Crippen molar-refractivity contribution in [3.05, 3.63) is 34.8 Å². The highest BCUT2D eigenvalue weighted by molar-refractivity contribution is 9.10. The van der Waals surface area contributed by atoms with Crippen LogP contribution >= 0.6 is 40.7 Å². The highest BCUT2D eigenvalue weighted by Gasteiger charge is 2.26. The van der Waals surface area contributed by atoms with Crippen LogP contribution in [0.15, 0.2) is 29.3 Å². The molecular formula is C16H23BrCl2N2O2. The molecule has 0 bridgehead atoms. The number of hydrogen-bond acceptors (Lipinski definition) is 4. The maximum Gasteiger partial charge on any atom is 0.231 e. The largest absolute Gasteiger partial charge is 0.454 e. The predicted molar refractivity (Wildman–Crippen MR) is 101 cm³/mol. The van der Waals surface area contributed by atoms with Gasteiger partial charge in [0.1, 0.15) is 0 Å². The predicted octanol–water partition coefficient (Wildman–Crippen LogP) is 3.93. The van der Waals surface area contributed by atoms with E-state index >= 15 is 0 Å². The van der Waals surface area contributed by atoms with Gasteiger partial charge in [0.2, 0.25) is 6.79 Å². The van der Waals surface area contributed by atoms with Gasteiger partial charge in [0, 0.05) is 36.7 Å². The van der Waals surface area contributed by atoms with Crippen LogP contribution in [0.2, 0.25) is 0 Å². The topological polar surface area (TPSA) is 33.7 Å². The molecule has 2 heterocycles. The second-order valence-electron chi connectivity index (χ2n) is 5.39. The Morgan fingerprint density at radius 1 is 1.22 bits per heavy atom. The van der Waals surface area contributed by atoms with Crippen LogP contribution in [0.25, 0.3) is 0 Å². The average Bonchev–Trinajstić information content (AvgIpc) is 2.96. The third-order valence-corrected chi connectivity index (χ3v) is 4.77. The quantitative estimate of drug-likeness (QED) is 0.724. The van der Waals surface area contributed by atoms with Crippen LogP contribution in [0.5, 0.6) is 11.5 Å². The fourth-order valence-corrected chi connectivity index (χ4v) is 3.58. The number of nitrogens with one attached hydrogen (secondary N) is 1. The van der Waals surface area contributed by atoms with E-state index in [1.807, 2.05) is 12.1 Å². The lowest BCUT2D eigenvalue weighted by Crippen LogP contribution is -2.45. The number of piperazine rings is 1. The monoisotopic (exact) mass is 424 g/mol. The van der Waals surface area contributed by atoms with Crippen LogP contribution in [0.1, 0.15) is 24.4 Å². The van der Waals surface area contributed by atoms with Gasteiger partial charge in [-0.1, -0.05) is 22.0 Å². The zero-order chi connectivity index (χ0) is 14.7. The first kappa shape index (κ1) is 20.6. The minimum absolute atomic E-state index is 0. The Hall–Kier alpha value is -0.460. The summed E-state index contributed by atoms with van der Waals surface area (Å²) in [6, 6.07) is 4.54. The van der Waals surface area contributed by atoms with Crippen molar-refractivity contribution in [2.45, 2.75) is 18.9 Å². The number of hydrogen-bond donors (Lipinski definition) is 1. The first-order valence-electron chi connectivity index (χ1n) is 7.44. The van der Waals surface area contributed by atoms with E-state index in [1.165, 1.54) is 5.56 Å². The lowest BCUT2D eigenvalue weighted by molar-refractivity contribution is 0.164. The fourth-order valence-electron chi connectivity index (χ4n) is 2.99. The van der Waals surface area contributed by atoms with Crippen LogP contribution < -0.4 is 14.8 Å². The van der Waals surface area contributed by atoms with Gasteiger partial charge in [0.15, 0.2) is 11.5 Å². The summed E-state index contributed by atoms with van der Waals surface area (Å²) in [5.74, 6) is 1.68. The lowest BCUT2D eigenvalue weighted by atomic mass is 9.99. The Balaban J connectivity index is 0.00000132. The normalized spacial score (nSPS) is 17.8. The Morgan fingerprint density at radius 3 is 2.52 bits per heavy atom. The first-order chi connectivity index (χ1) is 10.3. The van der Waals surface area contributed by atoms with E-state index in [4.69, 9.17) is 9.47 Å². The standard InChI is InChI=1S/C16H21BrN2O2.2ClH/c1-2-3-4-14(19-7-5-18-6-8-19)12-9-15-16(10-13(12)17)21-11-20-15;;/h2,9-10,14,18H,1,3-8,11H2;2*1H/t14-;;/m0../s1. The molecule has 0 saturated carbocycles. The summed E-state index contributed by atoms with van der Waals surface area (Å²) in [7, 11) is 0. The van der Waals surface area contributed by atoms with Crippen molar-refractivity contribution in [2.75, 3.05) is 33.0 Å². The van der Waals surface area contributed by atoms with Crippen LogP contribution in [-0.4, -0.2) is 37.9 Å². The van der Waals surface area contributed by atoms with Gasteiger partial charge in [-0.05, 0) is 30.5 Å². The molecule has 0 aromatic heterocycles. The summed E-state index contributed by atoms with van der Waals surface area (Å²) < 4.78 is 12.1. The molecule has 130 valence electrons. The molecule has 0 radical (unpaired) electrons. The van der Waals surface area contributed by atoms with Gasteiger partial charge in [0.25, 0.3) is 0 Å². The molecule has 1 saturated heterocycles. The summed E-state index contributed by atoms with van der Waals surface area (Å²) in [5.41, 5.74) is 1.28. The number of benzene rings is 1. The highest BCUT2D eigenvalue weighted by Crippen LogP contribution is 2.41. The second-order valence-corrected chi connectivity index (χ2v) is 6.25. The Morgan fingerprint density at radius 2 is 1.87 bits per heavy atom. The molecule has 7 heteroatoms. The molecule has 3 rings (SSSR count). The molecule has 1 fully saturated rings. The third kappa shape index (κ3) is 4.77. The van der Waals surface area contributed by atoms with Gasteiger partial charge in [-0.15, -0.1) is 31.4 Å². The van der Waals surface area contributed by atoms with Crippen LogP contribution in [0.4, 0.5) is 0 Å². The molecule has 1 N–H and O–H groups in total. The maximum atomic E-state index is 5.54. The molecule has 0 unspecified atom stereocenters. The molecule has 4 nitrogen and oxygen atoms in total. The molecule has 1 aromatic carbocycles. The summed E-state index contributed by atoms with van der Waals surface area (Å²) in [6.45, 7) is 8.42. The second kappa shape index (κ2) is 9.74. The Labute approximate surface area is 158 Å². The molecular weight excluding hydrogens is 403 g/mol. The first-order valence-corrected chi connectivity index (χ1v) is 8.23. The molecule has 1 atom stereocenters. The van der Waals surface area contributed by atoms with Gasteiger partial charge in [-0.25, -0.2) is 0 Å². The number of fused-ring (bicyclic) bond motifs is 1. The zero-order valence-electron chi connectivity index (χ0n) is 12.9. The van der Waals surface area contributed by atoms with E-state index in [-0.39, 0.29) is 24.8 Å². The lowest BCUT2D eigenvalue weighted by Gasteiger charge is -2.35. The smallest absolute Gasteiger partial charge is 0.231 e. The van der Waals surface area contributed by atoms with Crippen molar-refractivity contribution in [3.63, 3.8) is 0 Å². The molecule has 2 aliphatic rings. The van der Waals surface area contributed by atoms with Gasteiger partial charge in [-0.2, -0.15) is 0 Å². The van der Waals surface area contributed by atoms with Crippen molar-refractivity contribution in [2.24, 2.45) is 0 Å². The summed E-state index contributed by atoms with van der Waals surface area (Å²) in [5, 5.41) is 3.42. The fraction of sp³-hybridized carbons (Fsp3) is 0.500. The van der Waals surface area contributed by atoms with E-state index in [0.29, 0.717) is 12.8 Å². The molecule has 1 aromatic rings. The molecule has 23 heavy (non-hydrogen) atoms. The third-order valence-electron chi connectivity index (χ3n) is 4.09. The average molecular weight is 426 g/mol. The van der Waals surface area contributed by atoms with Crippen LogP contribution in [0, 0.1) is 0 Å². The van der Waals surface area contributed by atoms with Crippen molar-refractivity contribution in [1.29, 1.82) is 0 Å². The zero-order valence-corrected chi connectivity index (χ0v) is 16.1. The summed E-state index contributed by atoms with van der Waals surface area (Å²) in [6.07, 6.45) is 4.08. The SMILES string of the molecule is C=CCC[C@@H](c1cc2c(cc1Br)OCO2)N1CCNCC1.Cl.Cl. The number of halogens is 3. The molecule has 0 aliphatic carbocycles. The molecule has 2 aliphatic heterocycles. The van der Waals surface area contributed by atoms with Gasteiger partial charge in [0.05, 0.1) is 0 Å². The van der Waals surface area contributed by atoms with Gasteiger partial charge < -0.3 is 14.8 Å². The van der Waals surface area contributed by atoms with E-state index in [0.717, 1.165) is 55.0 Å². The van der Waals surface area contributed by atoms with E-state index in [2.05, 4.69) is 38.8 Å². The van der Waals surface area contributed by atoms with E-state index in [9.17, 15) is 0 Å². The molecule has 0 amide bonds. The van der Waals surface area contributed by atoms with Crippen molar-refractivity contribution in [3.8, 4) is 11.5 Å². The number of allylic oxidation sites excluding steroid dienone is 1. The van der Waals surface area contributed by atoms with Gasteiger partial charge >= 0.3 is 0 Å². The number of rotatable bonds is 5. The van der Waals surface area contributed by atoms with Crippen molar-refractivity contribution >= 4 is 40.7 Å². The van der Waals surface area contributed by atoms with Crippen molar-refractivity contribution in [1.82, 2.24) is 10.2 Å². The van der Waals surface area contributed by atoms with E-state index in [1.54, 1.807) is 0 Å². The van der Waals surface area contributed by atoms with E-state index < -0.39 is 0 Å². The maximum absolute atomic E-state index is 5.54. The minimum atomic E-state index is 0. The van der Waals surface area contributed by atoms with Gasteiger partial charge in [-0.3, -0.25) is 4.90 Å². The summed E-state index contributed by atoms with van der Waals surface area (Å²) in [4.78, 5) is 2.54. The van der Waals surface area contributed by atoms with Crippen LogP contribution in [-0.2, 0) is 0 Å². The molecule has 0 spiro atoms. The number of ether oxygens (including phenoxy) is 2. The minimum Gasteiger partial charge on any atom is -0.454 e. The van der Waals surface area contributed by atoms with Crippen LogP contribution in [0.3, 0.4) is 0 Å². The summed E-state index contributed by atoms with van der Waals surface area (Å²) >= 11 is 3.71. The highest BCUT2D eigenvalue weighted by atomic mass is 79.9.